The van der Waals surface area contributed by atoms with Crippen LogP contribution in [0.1, 0.15) is 15.9 Å². The molecule has 0 saturated heterocycles. The number of aryl methyl sites for hydroxylation is 1. The molecule has 21 heavy (non-hydrogen) atoms. The number of hydrogen-bond acceptors (Lipinski definition) is 2. The largest absolute Gasteiger partial charge is 0.478 e. The van der Waals surface area contributed by atoms with E-state index in [1.165, 1.54) is 6.07 Å². The molecule has 0 saturated carbocycles. The summed E-state index contributed by atoms with van der Waals surface area (Å²) >= 11 is 5.76. The zero-order valence-corrected chi connectivity index (χ0v) is 11.9. The van der Waals surface area contributed by atoms with Crippen LogP contribution in [0.25, 0.3) is 0 Å². The summed E-state index contributed by atoms with van der Waals surface area (Å²) in [5, 5.41) is 14.9. The fraction of sp³-hybridized carbons (Fsp3) is 0.0667. The Morgan fingerprint density at radius 1 is 1.05 bits per heavy atom. The lowest BCUT2D eigenvalue weighted by Gasteiger charge is -2.12. The molecule has 2 aromatic rings. The standard InChI is InChI=1S/C15H13ClN2O3/c1-9-3-2-4-12(14(19)20)13(9)18-15(21)17-11-7-5-10(16)6-8-11/h2-8H,1H3,(H,19,20)(H2,17,18,21). The highest BCUT2D eigenvalue weighted by atomic mass is 35.5. The Hall–Kier alpha value is -2.53. The molecule has 2 rings (SSSR count). The number of carbonyl (C=O) groups is 2. The molecule has 0 atom stereocenters. The number of para-hydroxylation sites is 1. The van der Waals surface area contributed by atoms with Gasteiger partial charge in [-0.2, -0.15) is 0 Å². The Balaban J connectivity index is 2.16. The van der Waals surface area contributed by atoms with E-state index >= 15 is 0 Å². The van der Waals surface area contributed by atoms with Gasteiger partial charge in [0.1, 0.15) is 0 Å². The van der Waals surface area contributed by atoms with E-state index in [0.29, 0.717) is 16.3 Å². The van der Waals surface area contributed by atoms with E-state index < -0.39 is 12.0 Å². The highest BCUT2D eigenvalue weighted by Gasteiger charge is 2.14. The van der Waals surface area contributed by atoms with Gasteiger partial charge in [0.25, 0.3) is 0 Å². The summed E-state index contributed by atoms with van der Waals surface area (Å²) in [6.45, 7) is 1.73. The summed E-state index contributed by atoms with van der Waals surface area (Å²) < 4.78 is 0. The molecule has 2 amide bonds. The van der Waals surface area contributed by atoms with Crippen LogP contribution in [0.2, 0.25) is 5.02 Å². The Morgan fingerprint density at radius 3 is 2.33 bits per heavy atom. The third kappa shape index (κ3) is 3.73. The van der Waals surface area contributed by atoms with Crippen molar-refractivity contribution in [1.82, 2.24) is 0 Å². The average Bonchev–Trinajstić information content (AvgIpc) is 2.43. The molecule has 0 aliphatic rings. The van der Waals surface area contributed by atoms with Crippen molar-refractivity contribution in [3.63, 3.8) is 0 Å². The number of anilines is 2. The van der Waals surface area contributed by atoms with Crippen LogP contribution in [-0.2, 0) is 0 Å². The first-order valence-electron chi connectivity index (χ1n) is 6.14. The second kappa shape index (κ2) is 6.28. The van der Waals surface area contributed by atoms with Crippen molar-refractivity contribution in [2.75, 3.05) is 10.6 Å². The number of rotatable bonds is 3. The summed E-state index contributed by atoms with van der Waals surface area (Å²) in [6, 6.07) is 10.9. The van der Waals surface area contributed by atoms with E-state index in [4.69, 9.17) is 16.7 Å². The summed E-state index contributed by atoms with van der Waals surface area (Å²) in [4.78, 5) is 23.1. The lowest BCUT2D eigenvalue weighted by Crippen LogP contribution is -2.21. The van der Waals surface area contributed by atoms with Crippen LogP contribution in [-0.4, -0.2) is 17.1 Å². The maximum Gasteiger partial charge on any atom is 0.337 e. The molecule has 108 valence electrons. The van der Waals surface area contributed by atoms with E-state index in [0.717, 1.165) is 0 Å². The van der Waals surface area contributed by atoms with Crippen molar-refractivity contribution >= 4 is 35.0 Å². The Bertz CT molecular complexity index is 684. The maximum atomic E-state index is 11.9. The van der Waals surface area contributed by atoms with E-state index in [1.54, 1.807) is 43.3 Å². The lowest BCUT2D eigenvalue weighted by molar-refractivity contribution is 0.0698. The number of hydrogen-bond donors (Lipinski definition) is 3. The van der Waals surface area contributed by atoms with Gasteiger partial charge in [0.2, 0.25) is 0 Å². The number of carbonyl (C=O) groups excluding carboxylic acids is 1. The number of halogens is 1. The molecule has 0 radical (unpaired) electrons. The molecular formula is C15H13ClN2O3. The van der Waals surface area contributed by atoms with Gasteiger partial charge in [-0.3, -0.25) is 0 Å². The summed E-state index contributed by atoms with van der Waals surface area (Å²) in [6.07, 6.45) is 0. The number of carboxylic acid groups (broad SMARTS) is 1. The summed E-state index contributed by atoms with van der Waals surface area (Å²) in [7, 11) is 0. The van der Waals surface area contributed by atoms with Crippen LogP contribution in [0, 0.1) is 6.92 Å². The van der Waals surface area contributed by atoms with Crippen LogP contribution < -0.4 is 10.6 Å². The van der Waals surface area contributed by atoms with Gasteiger partial charge in [-0.05, 0) is 42.8 Å². The van der Waals surface area contributed by atoms with Gasteiger partial charge in [-0.25, -0.2) is 9.59 Å². The smallest absolute Gasteiger partial charge is 0.337 e. The molecule has 0 aliphatic carbocycles. The third-order valence-electron chi connectivity index (χ3n) is 2.84. The van der Waals surface area contributed by atoms with Gasteiger partial charge in [0.05, 0.1) is 11.3 Å². The first-order chi connectivity index (χ1) is 9.97. The van der Waals surface area contributed by atoms with Crippen molar-refractivity contribution in [3.8, 4) is 0 Å². The highest BCUT2D eigenvalue weighted by molar-refractivity contribution is 6.30. The minimum Gasteiger partial charge on any atom is -0.478 e. The number of aromatic carboxylic acids is 1. The van der Waals surface area contributed by atoms with Crippen molar-refractivity contribution < 1.29 is 14.7 Å². The molecule has 5 nitrogen and oxygen atoms in total. The van der Waals surface area contributed by atoms with Crippen molar-refractivity contribution in [3.05, 3.63) is 58.6 Å². The molecule has 3 N–H and O–H groups in total. The summed E-state index contributed by atoms with van der Waals surface area (Å²) in [5.41, 5.74) is 1.54. The fourth-order valence-electron chi connectivity index (χ4n) is 1.82. The maximum absolute atomic E-state index is 11.9. The number of nitrogens with one attached hydrogen (secondary N) is 2. The number of urea groups is 1. The van der Waals surface area contributed by atoms with Crippen LogP contribution in [0.3, 0.4) is 0 Å². The van der Waals surface area contributed by atoms with Gasteiger partial charge in [-0.1, -0.05) is 23.7 Å². The topological polar surface area (TPSA) is 78.4 Å². The van der Waals surface area contributed by atoms with Gasteiger partial charge in [-0.15, -0.1) is 0 Å². The van der Waals surface area contributed by atoms with Crippen LogP contribution in [0.5, 0.6) is 0 Å². The molecule has 0 heterocycles. The Morgan fingerprint density at radius 2 is 1.71 bits per heavy atom. The SMILES string of the molecule is Cc1cccc(C(=O)O)c1NC(=O)Nc1ccc(Cl)cc1. The highest BCUT2D eigenvalue weighted by Crippen LogP contribution is 2.21. The first kappa shape index (κ1) is 14.9. The van der Waals surface area contributed by atoms with E-state index in [1.807, 2.05) is 0 Å². The molecule has 6 heteroatoms. The molecule has 2 aromatic carbocycles. The van der Waals surface area contributed by atoms with Crippen molar-refractivity contribution in [2.24, 2.45) is 0 Å². The zero-order valence-electron chi connectivity index (χ0n) is 11.2. The van der Waals surface area contributed by atoms with E-state index in [2.05, 4.69) is 10.6 Å². The first-order valence-corrected chi connectivity index (χ1v) is 6.51. The second-order valence-electron chi connectivity index (χ2n) is 4.39. The van der Waals surface area contributed by atoms with E-state index in [-0.39, 0.29) is 11.3 Å². The van der Waals surface area contributed by atoms with Crippen molar-refractivity contribution in [2.45, 2.75) is 6.92 Å². The molecule has 0 aromatic heterocycles. The number of benzene rings is 2. The van der Waals surface area contributed by atoms with Crippen LogP contribution in [0.15, 0.2) is 42.5 Å². The molecule has 0 unspecified atom stereocenters. The quantitative estimate of drug-likeness (QED) is 0.802. The lowest BCUT2D eigenvalue weighted by atomic mass is 10.1. The normalized spacial score (nSPS) is 10.0. The van der Waals surface area contributed by atoms with Crippen molar-refractivity contribution in [1.29, 1.82) is 0 Å². The van der Waals surface area contributed by atoms with Gasteiger partial charge < -0.3 is 15.7 Å². The van der Waals surface area contributed by atoms with Gasteiger partial charge >= 0.3 is 12.0 Å². The van der Waals surface area contributed by atoms with Crippen LogP contribution >= 0.6 is 11.6 Å². The molecule has 0 bridgehead atoms. The third-order valence-corrected chi connectivity index (χ3v) is 3.10. The fourth-order valence-corrected chi connectivity index (χ4v) is 1.95. The predicted octanol–water partition coefficient (Wildman–Crippen LogP) is 3.99. The second-order valence-corrected chi connectivity index (χ2v) is 4.83. The zero-order chi connectivity index (χ0) is 15.4. The minimum atomic E-state index is -1.10. The minimum absolute atomic E-state index is 0.0428. The Labute approximate surface area is 126 Å². The monoisotopic (exact) mass is 304 g/mol. The van der Waals surface area contributed by atoms with E-state index in [9.17, 15) is 9.59 Å². The molecular weight excluding hydrogens is 292 g/mol. The predicted molar refractivity (Wildman–Crippen MR) is 82.2 cm³/mol. The summed E-state index contributed by atoms with van der Waals surface area (Å²) in [5.74, 6) is -1.10. The molecule has 0 spiro atoms. The molecule has 0 aliphatic heterocycles. The van der Waals surface area contributed by atoms with Crippen LogP contribution in [0.4, 0.5) is 16.2 Å². The average molecular weight is 305 g/mol. The molecule has 0 fully saturated rings. The number of carboxylic acids is 1. The number of amides is 2. The van der Waals surface area contributed by atoms with Gasteiger partial charge in [0.15, 0.2) is 0 Å². The van der Waals surface area contributed by atoms with Gasteiger partial charge in [0, 0.05) is 10.7 Å². The Kier molecular flexibility index (Phi) is 4.45.